The molecule has 0 spiro atoms. The number of benzene rings is 4. The van der Waals surface area contributed by atoms with Gasteiger partial charge in [0, 0.05) is 29.2 Å². The van der Waals surface area contributed by atoms with Gasteiger partial charge in [0.15, 0.2) is 17.5 Å². The second-order valence-corrected chi connectivity index (χ2v) is 10.3. The molecule has 1 nitrogen and oxygen atoms in total. The predicted molar refractivity (Wildman–Crippen MR) is 143 cm³/mol. The van der Waals surface area contributed by atoms with Gasteiger partial charge in [0.05, 0.1) is 0 Å². The Morgan fingerprint density at radius 1 is 0.651 bits per heavy atom. The van der Waals surface area contributed by atoms with E-state index < -0.39 is 63.7 Å². The molecular weight excluding hydrogens is 583 g/mol. The minimum Gasteiger partial charge on any atom is -0.429 e. The van der Waals surface area contributed by atoms with Gasteiger partial charge in [-0.25, -0.2) is 30.7 Å². The van der Waals surface area contributed by atoms with E-state index in [-0.39, 0.29) is 34.7 Å². The van der Waals surface area contributed by atoms with E-state index in [1.165, 1.54) is 18.2 Å². The first kappa shape index (κ1) is 30.3. The van der Waals surface area contributed by atoms with Crippen LogP contribution in [0.15, 0.2) is 72.8 Å². The molecule has 4 aromatic rings. The van der Waals surface area contributed by atoms with E-state index in [0.717, 1.165) is 37.0 Å². The molecule has 0 amide bonds. The Hall–Kier alpha value is -4.21. The van der Waals surface area contributed by atoms with E-state index in [9.17, 15) is 30.7 Å². The van der Waals surface area contributed by atoms with Crippen molar-refractivity contribution in [2.75, 3.05) is 0 Å². The quantitative estimate of drug-likeness (QED) is 0.116. The van der Waals surface area contributed by atoms with Crippen molar-refractivity contribution in [2.45, 2.75) is 38.2 Å². The summed E-state index contributed by atoms with van der Waals surface area (Å²) in [6.45, 7) is 2.11. The summed E-state index contributed by atoms with van der Waals surface area (Å²) >= 11 is 0. The van der Waals surface area contributed by atoms with Crippen LogP contribution in [0.1, 0.15) is 43.2 Å². The first-order chi connectivity index (χ1) is 20.4. The van der Waals surface area contributed by atoms with Crippen LogP contribution in [0.5, 0.6) is 5.75 Å². The third-order valence-electron chi connectivity index (χ3n) is 7.54. The number of hydrogen-bond donors (Lipinski definition) is 0. The molecule has 0 N–H and O–H groups in total. The lowest BCUT2D eigenvalue weighted by molar-refractivity contribution is -0.189. The molecule has 1 aliphatic carbocycles. The zero-order valence-electron chi connectivity index (χ0n) is 22.5. The highest BCUT2D eigenvalue weighted by Gasteiger charge is 2.41. The van der Waals surface area contributed by atoms with Gasteiger partial charge in [0.1, 0.15) is 34.6 Å². The van der Waals surface area contributed by atoms with Crippen LogP contribution in [0.3, 0.4) is 0 Å². The van der Waals surface area contributed by atoms with Crippen LogP contribution in [0.4, 0.5) is 39.5 Å². The fourth-order valence-electron chi connectivity index (χ4n) is 5.21. The van der Waals surface area contributed by atoms with Crippen LogP contribution in [0.25, 0.3) is 22.3 Å². The van der Waals surface area contributed by atoms with E-state index in [1.54, 1.807) is 6.07 Å². The van der Waals surface area contributed by atoms with Crippen molar-refractivity contribution in [2.24, 2.45) is 5.92 Å². The van der Waals surface area contributed by atoms with Crippen molar-refractivity contribution in [3.8, 4) is 28.0 Å². The van der Waals surface area contributed by atoms with Gasteiger partial charge in [-0.2, -0.15) is 8.78 Å². The van der Waals surface area contributed by atoms with E-state index in [4.69, 9.17) is 0 Å². The van der Waals surface area contributed by atoms with Gasteiger partial charge in [-0.1, -0.05) is 43.3 Å². The molecule has 224 valence electrons. The Bertz CT molecular complexity index is 1670. The van der Waals surface area contributed by atoms with Crippen LogP contribution >= 0.6 is 0 Å². The smallest absolute Gasteiger partial charge is 0.429 e. The normalized spacial score (nSPS) is 16.9. The Morgan fingerprint density at radius 3 is 1.79 bits per heavy atom. The third-order valence-corrected chi connectivity index (χ3v) is 7.54. The Labute approximate surface area is 241 Å². The molecule has 0 saturated carbocycles. The van der Waals surface area contributed by atoms with E-state index in [0.29, 0.717) is 18.1 Å². The van der Waals surface area contributed by atoms with Crippen LogP contribution < -0.4 is 4.74 Å². The number of allylic oxidation sites excluding steroid dienone is 2. The number of alkyl halides is 2. The van der Waals surface area contributed by atoms with E-state index >= 15 is 8.78 Å². The molecule has 1 aliphatic rings. The molecule has 0 heterocycles. The molecule has 2 atom stereocenters. The summed E-state index contributed by atoms with van der Waals surface area (Å²) in [5, 5.41) is 0. The summed E-state index contributed by atoms with van der Waals surface area (Å²) in [4.78, 5) is 0. The van der Waals surface area contributed by atoms with E-state index in [1.807, 2.05) is 0 Å². The molecule has 5 rings (SSSR count). The third kappa shape index (κ3) is 6.14. The fourth-order valence-corrected chi connectivity index (χ4v) is 5.21. The Morgan fingerprint density at radius 2 is 1.23 bits per heavy atom. The van der Waals surface area contributed by atoms with Crippen molar-refractivity contribution < 1.29 is 44.3 Å². The van der Waals surface area contributed by atoms with Gasteiger partial charge in [0.2, 0.25) is 0 Å². The lowest BCUT2D eigenvalue weighted by atomic mass is 9.83. The summed E-state index contributed by atoms with van der Waals surface area (Å²) in [6.07, 6.45) is 2.31. The number of ether oxygens (including phenoxy) is 1. The van der Waals surface area contributed by atoms with Gasteiger partial charge in [-0.3, -0.25) is 0 Å². The molecule has 2 unspecified atom stereocenters. The monoisotopic (exact) mass is 606 g/mol. The lowest BCUT2D eigenvalue weighted by Crippen LogP contribution is -2.25. The molecule has 0 aliphatic heterocycles. The molecular formula is C33H23F9O. The van der Waals surface area contributed by atoms with Crippen LogP contribution in [-0.4, -0.2) is 0 Å². The summed E-state index contributed by atoms with van der Waals surface area (Å²) in [6, 6.07) is 9.09. The van der Waals surface area contributed by atoms with Crippen LogP contribution in [0.2, 0.25) is 0 Å². The highest BCUT2D eigenvalue weighted by Crippen LogP contribution is 2.39. The molecule has 0 bridgehead atoms. The molecule has 0 saturated heterocycles. The zero-order chi connectivity index (χ0) is 31.1. The molecule has 0 fully saturated rings. The second kappa shape index (κ2) is 11.8. The molecule has 0 radical (unpaired) electrons. The lowest BCUT2D eigenvalue weighted by Gasteiger charge is -2.22. The highest BCUT2D eigenvalue weighted by atomic mass is 19.3. The van der Waals surface area contributed by atoms with Crippen molar-refractivity contribution in [3.05, 3.63) is 125 Å². The second-order valence-electron chi connectivity index (χ2n) is 10.3. The summed E-state index contributed by atoms with van der Waals surface area (Å²) in [5.41, 5.74) is -1.72. The Kier molecular flexibility index (Phi) is 8.31. The minimum atomic E-state index is -4.79. The van der Waals surface area contributed by atoms with Gasteiger partial charge in [-0.05, 0) is 66.1 Å². The summed E-state index contributed by atoms with van der Waals surface area (Å²) < 4.78 is 133. The predicted octanol–water partition coefficient (Wildman–Crippen LogP) is 10.6. The average Bonchev–Trinajstić information content (AvgIpc) is 2.95. The SMILES string of the molecule is CCC1C=CC(c2ccc(-c3ccc(-c4cc(F)c(C(F)(F)Oc5cc(F)c(F)c(F)c5)c(F)c4)c(F)c3)c(F)c2)CC1. The van der Waals surface area contributed by atoms with Gasteiger partial charge in [-0.15, -0.1) is 0 Å². The molecule has 4 aromatic carbocycles. The number of rotatable bonds is 7. The average molecular weight is 607 g/mol. The van der Waals surface area contributed by atoms with Crippen LogP contribution in [-0.2, 0) is 6.11 Å². The summed E-state index contributed by atoms with van der Waals surface area (Å²) in [5.74, 6) is -11.6. The maximum atomic E-state index is 15.1. The molecule has 43 heavy (non-hydrogen) atoms. The van der Waals surface area contributed by atoms with Crippen molar-refractivity contribution in [1.82, 2.24) is 0 Å². The maximum absolute atomic E-state index is 15.1. The maximum Gasteiger partial charge on any atom is 0.432 e. The topological polar surface area (TPSA) is 9.23 Å². The largest absolute Gasteiger partial charge is 0.432 e. The van der Waals surface area contributed by atoms with Gasteiger partial charge < -0.3 is 4.74 Å². The highest BCUT2D eigenvalue weighted by molar-refractivity contribution is 5.72. The zero-order valence-corrected chi connectivity index (χ0v) is 22.5. The first-order valence-corrected chi connectivity index (χ1v) is 13.4. The molecule has 10 heteroatoms. The van der Waals surface area contributed by atoms with Crippen molar-refractivity contribution >= 4 is 0 Å². The molecule has 0 aromatic heterocycles. The van der Waals surface area contributed by atoms with Gasteiger partial charge >= 0.3 is 6.11 Å². The summed E-state index contributed by atoms with van der Waals surface area (Å²) in [7, 11) is 0. The Balaban J connectivity index is 1.40. The van der Waals surface area contributed by atoms with Gasteiger partial charge in [0.25, 0.3) is 0 Å². The number of halogens is 9. The van der Waals surface area contributed by atoms with Crippen LogP contribution in [0, 0.1) is 46.6 Å². The van der Waals surface area contributed by atoms with Crippen molar-refractivity contribution in [1.29, 1.82) is 0 Å². The first-order valence-electron chi connectivity index (χ1n) is 13.4. The standard InChI is InChI=1S/C33H23F9O/c1-2-17-3-5-18(6-4-17)19-7-9-23(25(34)11-19)20-8-10-24(26(35)12-20)21-13-27(36)31(28(37)14-21)33(41,42)43-22-15-29(38)32(40)30(39)16-22/h3,5,7-18H,2,4,6H2,1H3. The fraction of sp³-hybridized carbons (Fsp3) is 0.212. The number of hydrogen-bond acceptors (Lipinski definition) is 1. The minimum absolute atomic E-state index is 0.0639. The van der Waals surface area contributed by atoms with E-state index in [2.05, 4.69) is 23.8 Å². The van der Waals surface area contributed by atoms with Crippen molar-refractivity contribution in [3.63, 3.8) is 0 Å².